The molecule has 0 atom stereocenters. The second kappa shape index (κ2) is 13.7. The lowest BCUT2D eigenvalue weighted by Crippen LogP contribution is -2.61. The molecule has 266 valence electrons. The molecule has 57 heavy (non-hydrogen) atoms. The molecule has 2 aliphatic rings. The van der Waals surface area contributed by atoms with Crippen LogP contribution in [-0.2, 0) is 0 Å². The number of para-hydroxylation sites is 2. The molecular formula is C54H37BN2. The Kier molecular flexibility index (Phi) is 7.96. The van der Waals surface area contributed by atoms with Crippen LogP contribution in [0.4, 0.5) is 34.1 Å². The first-order valence-corrected chi connectivity index (χ1v) is 19.7. The Bertz CT molecular complexity index is 2880. The highest BCUT2D eigenvalue weighted by molar-refractivity contribution is 7.00. The standard InChI is InChI=1S/C54H37BN2/c1-6-18-38(19-7-1)40-30-33-45(34-31-40)57-50-29-17-16-28-48(50)55-49-36-43(39-20-8-2-9-21-39)32-35-51(49)56(44-26-14-5-15-27-44)53-46(41-22-10-3-11-23-41)37-47(54(57)52(53)55)42-24-12-4-13-25-42/h1-37H. The van der Waals surface area contributed by atoms with E-state index >= 15 is 0 Å². The lowest BCUT2D eigenvalue weighted by Gasteiger charge is -2.46. The molecule has 3 heteroatoms. The van der Waals surface area contributed by atoms with Crippen molar-refractivity contribution in [3.8, 4) is 44.5 Å². The van der Waals surface area contributed by atoms with Gasteiger partial charge in [-0.05, 0) is 92.2 Å². The normalized spacial score (nSPS) is 12.5. The number of rotatable bonds is 6. The number of nitrogens with zero attached hydrogens (tertiary/aromatic N) is 2. The summed E-state index contributed by atoms with van der Waals surface area (Å²) in [5.41, 5.74) is 20.6. The summed E-state index contributed by atoms with van der Waals surface area (Å²) < 4.78 is 0. The molecule has 0 spiro atoms. The molecule has 2 nitrogen and oxygen atoms in total. The lowest BCUT2D eigenvalue weighted by atomic mass is 9.33. The fourth-order valence-electron chi connectivity index (χ4n) is 9.12. The Labute approximate surface area is 334 Å². The number of fused-ring (bicyclic) bond motifs is 4. The van der Waals surface area contributed by atoms with Crippen molar-refractivity contribution in [3.05, 3.63) is 224 Å². The van der Waals surface area contributed by atoms with Gasteiger partial charge in [-0.1, -0.05) is 182 Å². The maximum atomic E-state index is 2.53. The van der Waals surface area contributed by atoms with Crippen LogP contribution in [0.2, 0.25) is 0 Å². The van der Waals surface area contributed by atoms with E-state index in [2.05, 4.69) is 234 Å². The van der Waals surface area contributed by atoms with Crippen molar-refractivity contribution < 1.29 is 0 Å². The third kappa shape index (κ3) is 5.51. The van der Waals surface area contributed by atoms with E-state index < -0.39 is 0 Å². The van der Waals surface area contributed by atoms with Crippen molar-refractivity contribution in [2.24, 2.45) is 0 Å². The maximum absolute atomic E-state index is 2.53. The van der Waals surface area contributed by atoms with Crippen LogP contribution in [0.3, 0.4) is 0 Å². The molecule has 0 aliphatic carbocycles. The Balaban J connectivity index is 1.28. The van der Waals surface area contributed by atoms with E-state index in [4.69, 9.17) is 0 Å². The number of benzene rings is 9. The summed E-state index contributed by atoms with van der Waals surface area (Å²) in [5.74, 6) is 0. The minimum Gasteiger partial charge on any atom is -0.311 e. The highest BCUT2D eigenvalue weighted by Crippen LogP contribution is 2.51. The minimum absolute atomic E-state index is 0.0317. The lowest BCUT2D eigenvalue weighted by molar-refractivity contribution is 1.25. The Morgan fingerprint density at radius 2 is 0.684 bits per heavy atom. The highest BCUT2D eigenvalue weighted by atomic mass is 15.2. The van der Waals surface area contributed by atoms with E-state index in [9.17, 15) is 0 Å². The number of hydrogen-bond acceptors (Lipinski definition) is 2. The third-order valence-corrected chi connectivity index (χ3v) is 11.6. The first-order chi connectivity index (χ1) is 28.3. The zero-order valence-electron chi connectivity index (χ0n) is 31.3. The smallest absolute Gasteiger partial charge is 0.252 e. The van der Waals surface area contributed by atoms with Crippen molar-refractivity contribution in [3.63, 3.8) is 0 Å². The van der Waals surface area contributed by atoms with Gasteiger partial charge in [-0.2, -0.15) is 0 Å². The summed E-state index contributed by atoms with van der Waals surface area (Å²) in [6.07, 6.45) is 0. The van der Waals surface area contributed by atoms with E-state index in [0.29, 0.717) is 0 Å². The van der Waals surface area contributed by atoms with Crippen LogP contribution in [0.5, 0.6) is 0 Å². The van der Waals surface area contributed by atoms with Gasteiger partial charge in [0, 0.05) is 33.9 Å². The van der Waals surface area contributed by atoms with Gasteiger partial charge >= 0.3 is 0 Å². The van der Waals surface area contributed by atoms with Gasteiger partial charge < -0.3 is 9.80 Å². The van der Waals surface area contributed by atoms with Crippen LogP contribution in [0.25, 0.3) is 44.5 Å². The molecule has 0 bridgehead atoms. The van der Waals surface area contributed by atoms with E-state index in [-0.39, 0.29) is 6.71 Å². The predicted molar refractivity (Wildman–Crippen MR) is 242 cm³/mol. The van der Waals surface area contributed by atoms with Crippen LogP contribution in [0.15, 0.2) is 224 Å². The Morgan fingerprint density at radius 1 is 0.281 bits per heavy atom. The topological polar surface area (TPSA) is 6.48 Å². The zero-order chi connectivity index (χ0) is 37.7. The minimum atomic E-state index is -0.0317. The summed E-state index contributed by atoms with van der Waals surface area (Å²) >= 11 is 0. The zero-order valence-corrected chi connectivity index (χ0v) is 31.3. The molecule has 0 amide bonds. The van der Waals surface area contributed by atoms with Crippen molar-refractivity contribution in [1.82, 2.24) is 0 Å². The molecule has 2 aliphatic heterocycles. The fraction of sp³-hybridized carbons (Fsp3) is 0. The van der Waals surface area contributed by atoms with Gasteiger partial charge in [-0.25, -0.2) is 0 Å². The largest absolute Gasteiger partial charge is 0.311 e. The molecule has 0 N–H and O–H groups in total. The van der Waals surface area contributed by atoms with Crippen molar-refractivity contribution >= 4 is 57.2 Å². The first-order valence-electron chi connectivity index (χ1n) is 19.7. The van der Waals surface area contributed by atoms with Crippen LogP contribution >= 0.6 is 0 Å². The SMILES string of the molecule is c1ccc(-c2ccc(N3c4ccccc4B4c5cc(-c6ccccc6)ccc5N(c5ccccc5)c5c(-c6ccccc6)cc(-c6ccccc6)c3c54)cc2)cc1. The number of hydrogen-bond donors (Lipinski definition) is 0. The van der Waals surface area contributed by atoms with E-state index in [1.54, 1.807) is 0 Å². The average molecular weight is 725 g/mol. The molecule has 0 unspecified atom stereocenters. The molecule has 9 aromatic carbocycles. The second-order valence-corrected chi connectivity index (χ2v) is 14.9. The van der Waals surface area contributed by atoms with Crippen LogP contribution in [-0.4, -0.2) is 6.71 Å². The molecule has 11 rings (SSSR count). The third-order valence-electron chi connectivity index (χ3n) is 11.6. The van der Waals surface area contributed by atoms with Gasteiger partial charge in [0.05, 0.1) is 11.4 Å². The average Bonchev–Trinajstić information content (AvgIpc) is 3.30. The van der Waals surface area contributed by atoms with Crippen molar-refractivity contribution in [2.75, 3.05) is 9.80 Å². The molecular weight excluding hydrogens is 687 g/mol. The van der Waals surface area contributed by atoms with Gasteiger partial charge in [0.25, 0.3) is 6.71 Å². The highest BCUT2D eigenvalue weighted by Gasteiger charge is 2.45. The quantitative estimate of drug-likeness (QED) is 0.158. The first kappa shape index (κ1) is 33.0. The van der Waals surface area contributed by atoms with Gasteiger partial charge in [0.1, 0.15) is 0 Å². The van der Waals surface area contributed by atoms with Crippen molar-refractivity contribution in [2.45, 2.75) is 0 Å². The summed E-state index contributed by atoms with van der Waals surface area (Å²) in [6, 6.07) is 82.0. The summed E-state index contributed by atoms with van der Waals surface area (Å²) in [7, 11) is 0. The Morgan fingerprint density at radius 3 is 1.25 bits per heavy atom. The predicted octanol–water partition coefficient (Wildman–Crippen LogP) is 12.4. The number of anilines is 6. The molecule has 0 fully saturated rings. The summed E-state index contributed by atoms with van der Waals surface area (Å²) in [5, 5.41) is 0. The van der Waals surface area contributed by atoms with E-state index in [1.807, 2.05) is 0 Å². The molecule has 2 heterocycles. The van der Waals surface area contributed by atoms with Crippen LogP contribution in [0, 0.1) is 0 Å². The maximum Gasteiger partial charge on any atom is 0.252 e. The second-order valence-electron chi connectivity index (χ2n) is 14.9. The van der Waals surface area contributed by atoms with Gasteiger partial charge in [0.15, 0.2) is 0 Å². The fourth-order valence-corrected chi connectivity index (χ4v) is 9.12. The van der Waals surface area contributed by atoms with Gasteiger partial charge in [0.2, 0.25) is 0 Å². The molecule has 0 radical (unpaired) electrons. The van der Waals surface area contributed by atoms with E-state index in [1.165, 1.54) is 83.6 Å². The van der Waals surface area contributed by atoms with Crippen molar-refractivity contribution in [1.29, 1.82) is 0 Å². The van der Waals surface area contributed by atoms with Gasteiger partial charge in [-0.3, -0.25) is 0 Å². The van der Waals surface area contributed by atoms with Crippen LogP contribution < -0.4 is 26.2 Å². The van der Waals surface area contributed by atoms with E-state index in [0.717, 1.165) is 11.4 Å². The van der Waals surface area contributed by atoms with Crippen LogP contribution in [0.1, 0.15) is 0 Å². The molecule has 0 aromatic heterocycles. The Hall–Kier alpha value is -7.36. The molecule has 0 saturated carbocycles. The molecule has 9 aromatic rings. The summed E-state index contributed by atoms with van der Waals surface area (Å²) in [4.78, 5) is 5.06. The monoisotopic (exact) mass is 724 g/mol. The van der Waals surface area contributed by atoms with Gasteiger partial charge in [-0.15, -0.1) is 0 Å². The molecule has 0 saturated heterocycles. The summed E-state index contributed by atoms with van der Waals surface area (Å²) in [6.45, 7) is -0.0317.